The van der Waals surface area contributed by atoms with E-state index in [1.807, 2.05) is 6.07 Å². The van der Waals surface area contributed by atoms with Crippen LogP contribution in [0.4, 0.5) is 5.00 Å². The first-order valence-electron chi connectivity index (χ1n) is 10.2. The molecule has 1 aromatic carbocycles. The maximum atomic E-state index is 13.1. The molecule has 2 amide bonds. The monoisotopic (exact) mass is 444 g/mol. The minimum absolute atomic E-state index is 0.0254. The van der Waals surface area contributed by atoms with Crippen LogP contribution in [0.2, 0.25) is 0 Å². The Hall–Kier alpha value is -3.07. The Morgan fingerprint density at radius 1 is 1.23 bits per heavy atom. The van der Waals surface area contributed by atoms with Crippen LogP contribution < -0.4 is 14.8 Å². The van der Waals surface area contributed by atoms with E-state index in [-0.39, 0.29) is 12.5 Å². The highest BCUT2D eigenvalue weighted by molar-refractivity contribution is 7.17. The first-order chi connectivity index (χ1) is 14.9. The summed E-state index contributed by atoms with van der Waals surface area (Å²) in [4.78, 5) is 40.2. The summed E-state index contributed by atoms with van der Waals surface area (Å²) < 4.78 is 16.9. The number of benzene rings is 1. The molecule has 31 heavy (non-hydrogen) atoms. The lowest BCUT2D eigenvalue weighted by Gasteiger charge is -2.30. The molecular weight excluding hydrogens is 420 g/mol. The van der Waals surface area contributed by atoms with E-state index in [0.29, 0.717) is 41.6 Å². The van der Waals surface area contributed by atoms with Gasteiger partial charge in [-0.15, -0.1) is 11.3 Å². The lowest BCUT2D eigenvalue weighted by molar-refractivity contribution is -0.129. The summed E-state index contributed by atoms with van der Waals surface area (Å²) in [6.45, 7) is 6.17. The van der Waals surface area contributed by atoms with Crippen molar-refractivity contribution in [2.24, 2.45) is 0 Å². The average molecular weight is 445 g/mol. The smallest absolute Gasteiger partial charge is 0.341 e. The lowest BCUT2D eigenvalue weighted by Crippen LogP contribution is -2.46. The Morgan fingerprint density at radius 3 is 2.61 bits per heavy atom. The largest absolute Gasteiger partial charge is 0.482 e. The molecule has 1 aromatic heterocycles. The van der Waals surface area contributed by atoms with Crippen molar-refractivity contribution in [2.45, 2.75) is 45.9 Å². The summed E-state index contributed by atoms with van der Waals surface area (Å²) >= 11 is 1.29. The summed E-state index contributed by atoms with van der Waals surface area (Å²) in [6.07, 6.45) is -0.857. The maximum Gasteiger partial charge on any atom is 0.341 e. The summed E-state index contributed by atoms with van der Waals surface area (Å²) in [5.41, 5.74) is 1.19. The number of hydrogen-bond donors (Lipinski definition) is 1. The van der Waals surface area contributed by atoms with Gasteiger partial charge in [0.25, 0.3) is 5.91 Å². The molecule has 8 nitrogen and oxygen atoms in total. The van der Waals surface area contributed by atoms with Gasteiger partial charge in [0.2, 0.25) is 12.0 Å². The number of thiophene rings is 1. The maximum absolute atomic E-state index is 13.1. The lowest BCUT2D eigenvalue weighted by atomic mass is 10.0. The minimum atomic E-state index is -0.877. The molecule has 0 spiro atoms. The van der Waals surface area contributed by atoms with E-state index in [0.717, 1.165) is 10.4 Å². The topological polar surface area (TPSA) is 94.2 Å². The second kappa shape index (κ2) is 8.58. The van der Waals surface area contributed by atoms with Crippen molar-refractivity contribution in [2.75, 3.05) is 18.5 Å². The van der Waals surface area contributed by atoms with Gasteiger partial charge in [-0.25, -0.2) is 4.79 Å². The Labute approximate surface area is 184 Å². The molecule has 0 radical (unpaired) electrons. The van der Waals surface area contributed by atoms with E-state index < -0.39 is 24.1 Å². The van der Waals surface area contributed by atoms with Crippen LogP contribution in [0, 0.1) is 0 Å². The molecule has 0 aliphatic carbocycles. The number of fused-ring (bicyclic) bond motifs is 2. The molecule has 4 rings (SSSR count). The Balaban J connectivity index is 1.61. The number of hydrogen-bond acceptors (Lipinski definition) is 7. The van der Waals surface area contributed by atoms with E-state index >= 15 is 0 Å². The number of amides is 2. The zero-order valence-electron chi connectivity index (χ0n) is 17.6. The highest BCUT2D eigenvalue weighted by atomic mass is 32.1. The Morgan fingerprint density at radius 2 is 1.94 bits per heavy atom. The van der Waals surface area contributed by atoms with E-state index in [9.17, 15) is 14.4 Å². The molecule has 0 fully saturated rings. The number of anilines is 1. The number of carbonyl (C=O) groups excluding carboxylic acids is 3. The predicted molar refractivity (Wildman–Crippen MR) is 115 cm³/mol. The van der Waals surface area contributed by atoms with Crippen LogP contribution in [0.5, 0.6) is 11.5 Å². The molecular formula is C22H24N2O6S. The van der Waals surface area contributed by atoms with Crippen molar-refractivity contribution in [1.82, 2.24) is 4.90 Å². The number of esters is 1. The Kier molecular flexibility index (Phi) is 5.86. The first-order valence-corrected chi connectivity index (χ1v) is 11.0. The van der Waals surface area contributed by atoms with Crippen molar-refractivity contribution in [1.29, 1.82) is 0 Å². The fraction of sp³-hybridized carbons (Fsp3) is 0.409. The number of nitrogens with one attached hydrogen (secondary N) is 1. The van der Waals surface area contributed by atoms with Gasteiger partial charge < -0.3 is 24.4 Å². The summed E-state index contributed by atoms with van der Waals surface area (Å²) in [6, 6.07) is 7.17. The fourth-order valence-electron chi connectivity index (χ4n) is 3.77. The standard InChI is InChI=1S/C22H24N2O6S/c1-4-28-22(27)18-14-9-10-24(13(3)25)11-17(14)31-21(18)23-20(26)19-12(2)29-15-7-5-6-8-16(15)30-19/h5-8,12,19H,4,9-11H2,1-3H3,(H,23,26). The molecule has 164 valence electrons. The van der Waals surface area contributed by atoms with Crippen molar-refractivity contribution < 1.29 is 28.6 Å². The molecule has 2 aliphatic rings. The third kappa shape index (κ3) is 4.10. The van der Waals surface area contributed by atoms with Crippen LogP contribution >= 0.6 is 11.3 Å². The normalized spacial score (nSPS) is 19.4. The minimum Gasteiger partial charge on any atom is -0.482 e. The average Bonchev–Trinajstić information content (AvgIpc) is 3.10. The summed E-state index contributed by atoms with van der Waals surface area (Å²) in [5.74, 6) is 0.166. The fourth-order valence-corrected chi connectivity index (χ4v) is 5.02. The molecule has 0 bridgehead atoms. The van der Waals surface area contributed by atoms with Crippen LogP contribution in [-0.2, 0) is 27.3 Å². The van der Waals surface area contributed by atoms with Crippen LogP contribution in [0.15, 0.2) is 24.3 Å². The predicted octanol–water partition coefficient (Wildman–Crippen LogP) is 3.00. The number of para-hydroxylation sites is 2. The molecule has 1 N–H and O–H groups in total. The van der Waals surface area contributed by atoms with Crippen LogP contribution in [-0.4, -0.2) is 48.0 Å². The number of nitrogens with zero attached hydrogens (tertiary/aromatic N) is 1. The molecule has 0 saturated carbocycles. The van der Waals surface area contributed by atoms with E-state index in [1.165, 1.54) is 18.3 Å². The third-order valence-corrected chi connectivity index (χ3v) is 6.45. The highest BCUT2D eigenvalue weighted by Gasteiger charge is 2.36. The molecule has 2 aliphatic heterocycles. The van der Waals surface area contributed by atoms with Gasteiger partial charge in [-0.2, -0.15) is 0 Å². The zero-order valence-corrected chi connectivity index (χ0v) is 18.4. The number of ether oxygens (including phenoxy) is 3. The van der Waals surface area contributed by atoms with E-state index in [1.54, 1.807) is 36.9 Å². The molecule has 2 aromatic rings. The number of rotatable bonds is 4. The van der Waals surface area contributed by atoms with Gasteiger partial charge in [0.1, 0.15) is 11.1 Å². The molecule has 2 unspecified atom stereocenters. The van der Waals surface area contributed by atoms with Gasteiger partial charge in [-0.05, 0) is 38.0 Å². The van der Waals surface area contributed by atoms with Crippen molar-refractivity contribution in [3.8, 4) is 11.5 Å². The SMILES string of the molecule is CCOC(=O)c1c(NC(=O)C2Oc3ccccc3OC2C)sc2c1CCN(C(C)=O)C2. The summed E-state index contributed by atoms with van der Waals surface area (Å²) in [7, 11) is 0. The number of carbonyl (C=O) groups is 3. The third-order valence-electron chi connectivity index (χ3n) is 5.32. The van der Waals surface area contributed by atoms with Crippen LogP contribution in [0.3, 0.4) is 0 Å². The van der Waals surface area contributed by atoms with Crippen molar-refractivity contribution in [3.05, 3.63) is 40.3 Å². The molecule has 2 atom stereocenters. The van der Waals surface area contributed by atoms with Crippen LogP contribution in [0.1, 0.15) is 41.6 Å². The summed E-state index contributed by atoms with van der Waals surface area (Å²) in [5, 5.41) is 3.26. The van der Waals surface area contributed by atoms with Gasteiger partial charge in [0.15, 0.2) is 11.5 Å². The van der Waals surface area contributed by atoms with Gasteiger partial charge in [0, 0.05) is 18.3 Å². The van der Waals surface area contributed by atoms with Crippen molar-refractivity contribution in [3.63, 3.8) is 0 Å². The zero-order chi connectivity index (χ0) is 22.1. The van der Waals surface area contributed by atoms with Crippen molar-refractivity contribution >= 4 is 34.1 Å². The van der Waals surface area contributed by atoms with Crippen LogP contribution in [0.25, 0.3) is 0 Å². The molecule has 0 saturated heterocycles. The van der Waals surface area contributed by atoms with Gasteiger partial charge >= 0.3 is 5.97 Å². The first kappa shape index (κ1) is 21.2. The van der Waals surface area contributed by atoms with Gasteiger partial charge in [0.05, 0.1) is 18.7 Å². The van der Waals surface area contributed by atoms with Gasteiger partial charge in [-0.3, -0.25) is 9.59 Å². The molecule has 3 heterocycles. The van der Waals surface area contributed by atoms with E-state index in [4.69, 9.17) is 14.2 Å². The van der Waals surface area contributed by atoms with E-state index in [2.05, 4.69) is 5.32 Å². The van der Waals surface area contributed by atoms with Gasteiger partial charge in [-0.1, -0.05) is 12.1 Å². The second-order valence-electron chi connectivity index (χ2n) is 7.42. The second-order valence-corrected chi connectivity index (χ2v) is 8.52. The quantitative estimate of drug-likeness (QED) is 0.729. The highest BCUT2D eigenvalue weighted by Crippen LogP contribution is 2.39. The Bertz CT molecular complexity index is 1030. The molecule has 9 heteroatoms.